The van der Waals surface area contributed by atoms with Gasteiger partial charge in [0.25, 0.3) is 5.69 Å². The van der Waals surface area contributed by atoms with E-state index in [1.165, 1.54) is 20.3 Å². The third kappa shape index (κ3) is 3.67. The van der Waals surface area contributed by atoms with Crippen molar-refractivity contribution in [3.8, 4) is 11.5 Å². The molecule has 7 nitrogen and oxygen atoms in total. The van der Waals surface area contributed by atoms with E-state index in [4.69, 9.17) is 14.2 Å². The molecule has 0 aliphatic carbocycles. The van der Waals surface area contributed by atoms with Crippen molar-refractivity contribution in [3.05, 3.63) is 75.8 Å². The number of methoxy groups -OCH3 is 2. The Kier molecular flexibility index (Phi) is 5.21. The summed E-state index contributed by atoms with van der Waals surface area (Å²) in [6.45, 7) is -0.00825. The van der Waals surface area contributed by atoms with Gasteiger partial charge in [0, 0.05) is 6.07 Å². The molecule has 7 heteroatoms. The average molecular weight is 367 g/mol. The van der Waals surface area contributed by atoms with Crippen LogP contribution in [0, 0.1) is 10.1 Å². The van der Waals surface area contributed by atoms with Gasteiger partial charge in [0.1, 0.15) is 12.2 Å². The molecule has 0 aliphatic heterocycles. The fraction of sp³-hybridized carbons (Fsp3) is 0.150. The summed E-state index contributed by atoms with van der Waals surface area (Å²) in [7, 11) is 2.75. The Morgan fingerprint density at radius 1 is 1.00 bits per heavy atom. The number of hydrogen-bond donors (Lipinski definition) is 0. The molecule has 0 atom stereocenters. The smallest absolute Gasteiger partial charge is 0.345 e. The SMILES string of the molecule is COc1cc(C(=O)OCc2cccc3ccccc23)c([N+](=O)[O-])cc1OC. The minimum atomic E-state index is -0.810. The molecule has 3 aromatic rings. The third-order valence-electron chi connectivity index (χ3n) is 4.16. The molecule has 3 rings (SSSR count). The lowest BCUT2D eigenvalue weighted by molar-refractivity contribution is -0.385. The van der Waals surface area contributed by atoms with Crippen LogP contribution in [-0.4, -0.2) is 25.1 Å². The van der Waals surface area contributed by atoms with Crippen LogP contribution in [-0.2, 0) is 11.3 Å². The molecule has 0 aliphatic rings. The second-order valence-corrected chi connectivity index (χ2v) is 5.70. The maximum atomic E-state index is 12.5. The summed E-state index contributed by atoms with van der Waals surface area (Å²) in [5.41, 5.74) is 0.207. The molecule has 27 heavy (non-hydrogen) atoms. The molecule has 0 saturated carbocycles. The Hall–Kier alpha value is -3.61. The maximum Gasteiger partial charge on any atom is 0.345 e. The Morgan fingerprint density at radius 3 is 2.37 bits per heavy atom. The van der Waals surface area contributed by atoms with Crippen molar-refractivity contribution in [1.29, 1.82) is 0 Å². The van der Waals surface area contributed by atoms with E-state index in [2.05, 4.69) is 0 Å². The number of rotatable bonds is 6. The molecule has 0 N–H and O–H groups in total. The van der Waals surface area contributed by atoms with Gasteiger partial charge in [-0.2, -0.15) is 0 Å². The highest BCUT2D eigenvalue weighted by atomic mass is 16.6. The lowest BCUT2D eigenvalue weighted by atomic mass is 10.1. The van der Waals surface area contributed by atoms with Crippen LogP contribution in [0.15, 0.2) is 54.6 Å². The van der Waals surface area contributed by atoms with E-state index in [-0.39, 0.29) is 23.7 Å². The molecule has 0 amide bonds. The third-order valence-corrected chi connectivity index (χ3v) is 4.16. The topological polar surface area (TPSA) is 87.9 Å². The van der Waals surface area contributed by atoms with Crippen LogP contribution < -0.4 is 9.47 Å². The molecular weight excluding hydrogens is 350 g/mol. The van der Waals surface area contributed by atoms with Gasteiger partial charge in [-0.15, -0.1) is 0 Å². The molecule has 0 saturated heterocycles. The van der Waals surface area contributed by atoms with Gasteiger partial charge in [-0.1, -0.05) is 42.5 Å². The number of ether oxygens (including phenoxy) is 3. The molecule has 0 bridgehead atoms. The highest BCUT2D eigenvalue weighted by Gasteiger charge is 2.25. The van der Waals surface area contributed by atoms with Crippen molar-refractivity contribution < 1.29 is 23.9 Å². The van der Waals surface area contributed by atoms with Gasteiger partial charge < -0.3 is 14.2 Å². The van der Waals surface area contributed by atoms with Crippen LogP contribution in [0.2, 0.25) is 0 Å². The summed E-state index contributed by atoms with van der Waals surface area (Å²) in [5.74, 6) is -0.439. The van der Waals surface area contributed by atoms with Gasteiger partial charge in [0.15, 0.2) is 11.5 Å². The largest absolute Gasteiger partial charge is 0.493 e. The highest BCUT2D eigenvalue weighted by Crippen LogP contribution is 2.35. The van der Waals surface area contributed by atoms with E-state index < -0.39 is 16.6 Å². The zero-order chi connectivity index (χ0) is 19.4. The zero-order valence-corrected chi connectivity index (χ0v) is 14.8. The van der Waals surface area contributed by atoms with E-state index in [0.29, 0.717) is 0 Å². The van der Waals surface area contributed by atoms with Crippen LogP contribution in [0.3, 0.4) is 0 Å². The first-order chi connectivity index (χ1) is 13.0. The van der Waals surface area contributed by atoms with Gasteiger partial charge in [-0.05, 0) is 16.3 Å². The molecule has 3 aromatic carbocycles. The van der Waals surface area contributed by atoms with E-state index in [1.54, 1.807) is 0 Å². The lowest BCUT2D eigenvalue weighted by Gasteiger charge is -2.11. The number of benzene rings is 3. The summed E-state index contributed by atoms with van der Waals surface area (Å²) in [6, 6.07) is 15.8. The van der Waals surface area contributed by atoms with Crippen molar-refractivity contribution in [1.82, 2.24) is 0 Å². The number of carbonyl (C=O) groups excluding carboxylic acids is 1. The Bertz CT molecular complexity index is 1010. The molecule has 0 radical (unpaired) electrons. The molecular formula is C20H17NO6. The van der Waals surface area contributed by atoms with Crippen molar-refractivity contribution in [3.63, 3.8) is 0 Å². The van der Waals surface area contributed by atoms with E-state index in [0.717, 1.165) is 22.4 Å². The van der Waals surface area contributed by atoms with Gasteiger partial charge in [-0.25, -0.2) is 4.79 Å². The second-order valence-electron chi connectivity index (χ2n) is 5.70. The summed E-state index contributed by atoms with van der Waals surface area (Å²) >= 11 is 0. The summed E-state index contributed by atoms with van der Waals surface area (Å²) in [6.07, 6.45) is 0. The van der Waals surface area contributed by atoms with Gasteiger partial charge in [0.2, 0.25) is 0 Å². The fourth-order valence-corrected chi connectivity index (χ4v) is 2.82. The van der Waals surface area contributed by atoms with Crippen LogP contribution >= 0.6 is 0 Å². The Balaban J connectivity index is 1.90. The Labute approximate surface area is 155 Å². The standard InChI is InChI=1S/C20H17NO6/c1-25-18-10-16(17(21(23)24)11-19(18)26-2)20(22)27-12-14-8-5-7-13-6-3-4-9-15(13)14/h3-11H,12H2,1-2H3. The number of nitro benzene ring substituents is 1. The molecule has 0 aromatic heterocycles. The molecule has 0 fully saturated rings. The van der Waals surface area contributed by atoms with Gasteiger partial charge >= 0.3 is 5.97 Å². The highest BCUT2D eigenvalue weighted by molar-refractivity contribution is 5.95. The predicted molar refractivity (Wildman–Crippen MR) is 99.3 cm³/mol. The Morgan fingerprint density at radius 2 is 1.67 bits per heavy atom. The lowest BCUT2D eigenvalue weighted by Crippen LogP contribution is -2.09. The van der Waals surface area contributed by atoms with Crippen molar-refractivity contribution >= 4 is 22.4 Å². The molecule has 0 unspecified atom stereocenters. The first kappa shape index (κ1) is 18.2. The van der Waals surface area contributed by atoms with E-state index >= 15 is 0 Å². The van der Waals surface area contributed by atoms with Crippen molar-refractivity contribution in [2.75, 3.05) is 14.2 Å². The van der Waals surface area contributed by atoms with Crippen LogP contribution in [0.25, 0.3) is 10.8 Å². The maximum absolute atomic E-state index is 12.5. The zero-order valence-electron chi connectivity index (χ0n) is 14.8. The van der Waals surface area contributed by atoms with Crippen molar-refractivity contribution in [2.45, 2.75) is 6.61 Å². The van der Waals surface area contributed by atoms with Crippen LogP contribution in [0.1, 0.15) is 15.9 Å². The molecule has 138 valence electrons. The predicted octanol–water partition coefficient (Wildman–Crippen LogP) is 4.12. The number of esters is 1. The van der Waals surface area contributed by atoms with Gasteiger partial charge in [-0.3, -0.25) is 10.1 Å². The van der Waals surface area contributed by atoms with E-state index in [1.807, 2.05) is 42.5 Å². The van der Waals surface area contributed by atoms with Crippen molar-refractivity contribution in [2.24, 2.45) is 0 Å². The second kappa shape index (κ2) is 7.74. The molecule has 0 spiro atoms. The number of carbonyl (C=O) groups is 1. The fourth-order valence-electron chi connectivity index (χ4n) is 2.82. The van der Waals surface area contributed by atoms with Crippen LogP contribution in [0.5, 0.6) is 11.5 Å². The summed E-state index contributed by atoms with van der Waals surface area (Å²) < 4.78 is 15.5. The normalized spacial score (nSPS) is 10.4. The number of nitro groups is 1. The quantitative estimate of drug-likeness (QED) is 0.370. The first-order valence-electron chi connectivity index (χ1n) is 8.09. The average Bonchev–Trinajstić information content (AvgIpc) is 2.70. The number of nitrogens with zero attached hydrogens (tertiary/aromatic N) is 1. The molecule has 0 heterocycles. The first-order valence-corrected chi connectivity index (χ1v) is 8.09. The van der Waals surface area contributed by atoms with E-state index in [9.17, 15) is 14.9 Å². The summed E-state index contributed by atoms with van der Waals surface area (Å²) in [5, 5.41) is 13.3. The van der Waals surface area contributed by atoms with Crippen LogP contribution in [0.4, 0.5) is 5.69 Å². The minimum absolute atomic E-state index is 0.00825. The minimum Gasteiger partial charge on any atom is -0.493 e. The van der Waals surface area contributed by atoms with Gasteiger partial charge in [0.05, 0.1) is 25.2 Å². The number of hydrogen-bond acceptors (Lipinski definition) is 6. The summed E-state index contributed by atoms with van der Waals surface area (Å²) in [4.78, 5) is 23.2. The monoisotopic (exact) mass is 367 g/mol. The number of fused-ring (bicyclic) bond motifs is 1.